The number of amides is 3. The molecule has 0 bridgehead atoms. The summed E-state index contributed by atoms with van der Waals surface area (Å²) < 4.78 is 78.3. The van der Waals surface area contributed by atoms with E-state index in [0.29, 0.717) is 29.4 Å². The van der Waals surface area contributed by atoms with E-state index in [2.05, 4.69) is 10.6 Å². The fourth-order valence-electron chi connectivity index (χ4n) is 5.49. The number of anilines is 2. The molecule has 0 unspecified atom stereocenters. The number of carbonyl (C=O) groups is 4. The Morgan fingerprint density at radius 1 is 0.741 bits per heavy atom. The number of halogens is 6. The summed E-state index contributed by atoms with van der Waals surface area (Å²) in [5.74, 6) is -2.95. The molecule has 0 aliphatic heterocycles. The number of ether oxygens (including phenoxy) is 1. The van der Waals surface area contributed by atoms with Gasteiger partial charge in [0.25, 0.3) is 0 Å². The SMILES string of the molecule is CC(=O)Nc1cccc(-c2ccc(CN(C(=O)CCC(=O)NCc3ccccc3C(F)(F)F)c3ccccc3Oc3cccc(CN)c3)cc2)c1.O=C(O)C(F)(F)F. The molecule has 0 atom stereocenters. The minimum Gasteiger partial charge on any atom is -0.475 e. The van der Waals surface area contributed by atoms with Gasteiger partial charge >= 0.3 is 18.3 Å². The first kappa shape index (κ1) is 44.0. The Bertz CT molecular complexity index is 2210. The van der Waals surface area contributed by atoms with Gasteiger partial charge < -0.3 is 31.1 Å². The van der Waals surface area contributed by atoms with E-state index >= 15 is 0 Å². The zero-order valence-corrected chi connectivity index (χ0v) is 30.9. The molecule has 0 aliphatic carbocycles. The van der Waals surface area contributed by atoms with Gasteiger partial charge in [-0.05, 0) is 70.3 Å². The second-order valence-corrected chi connectivity index (χ2v) is 12.6. The third kappa shape index (κ3) is 13.2. The van der Waals surface area contributed by atoms with Crippen LogP contribution < -0.4 is 26.0 Å². The summed E-state index contributed by atoms with van der Waals surface area (Å²) in [6.07, 6.45) is -10.1. The van der Waals surface area contributed by atoms with Gasteiger partial charge in [-0.2, -0.15) is 26.3 Å². The lowest BCUT2D eigenvalue weighted by molar-refractivity contribution is -0.192. The van der Waals surface area contributed by atoms with Gasteiger partial charge in [0.1, 0.15) is 5.75 Å². The Balaban J connectivity index is 0.000000973. The normalized spacial score (nSPS) is 11.1. The topological polar surface area (TPSA) is 151 Å². The number of aliphatic carboxylic acids is 1. The number of carboxylic acid groups (broad SMARTS) is 1. The molecule has 5 aromatic carbocycles. The van der Waals surface area contributed by atoms with Crippen LogP contribution in [0.2, 0.25) is 0 Å². The van der Waals surface area contributed by atoms with Crippen molar-refractivity contribution in [3.05, 3.63) is 144 Å². The molecule has 16 heteroatoms. The Morgan fingerprint density at radius 3 is 2.05 bits per heavy atom. The van der Waals surface area contributed by atoms with Crippen LogP contribution in [0.15, 0.2) is 121 Å². The number of carbonyl (C=O) groups excluding carboxylic acids is 3. The standard InChI is InChI=1S/C40H37F3N4O4.C2HF3O2/c1-27(48)46-33-11-7-10-31(23-33)30-18-16-28(17-19-30)26-47(36-14-4-5-15-37(36)51-34-12-6-8-29(22-34)24-44)39(50)21-20-38(49)45-25-32-9-2-3-13-35(32)40(41,42)43;3-2(4,5)1(6)7/h2-19,22-23H,20-21,24-26,44H2,1H3,(H,45,49)(H,46,48);(H,6,7). The first-order chi connectivity index (χ1) is 27.4. The molecule has 0 heterocycles. The van der Waals surface area contributed by atoms with Crippen LogP contribution in [-0.2, 0) is 45.0 Å². The molecule has 0 radical (unpaired) electrons. The summed E-state index contributed by atoms with van der Waals surface area (Å²) in [4.78, 5) is 48.7. The zero-order valence-electron chi connectivity index (χ0n) is 30.9. The molecule has 5 aromatic rings. The predicted molar refractivity (Wildman–Crippen MR) is 204 cm³/mol. The minimum atomic E-state index is -5.08. The Hall–Kier alpha value is -6.68. The molecular weight excluding hydrogens is 770 g/mol. The van der Waals surface area contributed by atoms with Crippen molar-refractivity contribution >= 4 is 35.1 Å². The van der Waals surface area contributed by atoms with Crippen LogP contribution >= 0.6 is 0 Å². The molecular formula is C42H38F6N4O6. The molecule has 304 valence electrons. The van der Waals surface area contributed by atoms with Crippen molar-refractivity contribution in [3.63, 3.8) is 0 Å². The van der Waals surface area contributed by atoms with Crippen molar-refractivity contribution in [3.8, 4) is 22.6 Å². The molecule has 10 nitrogen and oxygen atoms in total. The first-order valence-corrected chi connectivity index (χ1v) is 17.5. The highest BCUT2D eigenvalue weighted by molar-refractivity contribution is 5.96. The molecule has 5 N–H and O–H groups in total. The fraction of sp³-hybridized carbons (Fsp3) is 0.190. The van der Waals surface area contributed by atoms with Gasteiger partial charge in [-0.25, -0.2) is 4.79 Å². The zero-order chi connectivity index (χ0) is 42.5. The lowest BCUT2D eigenvalue weighted by Gasteiger charge is -2.25. The molecule has 0 aromatic heterocycles. The summed E-state index contributed by atoms with van der Waals surface area (Å²) in [6, 6.07) is 34.4. The number of alkyl halides is 6. The third-order valence-electron chi connectivity index (χ3n) is 8.24. The van der Waals surface area contributed by atoms with Crippen molar-refractivity contribution in [2.24, 2.45) is 5.73 Å². The number of para-hydroxylation sites is 2. The van der Waals surface area contributed by atoms with E-state index < -0.39 is 29.8 Å². The van der Waals surface area contributed by atoms with Gasteiger partial charge in [-0.1, -0.05) is 78.9 Å². The molecule has 3 amide bonds. The Labute approximate surface area is 329 Å². The van der Waals surface area contributed by atoms with Crippen LogP contribution in [0.25, 0.3) is 11.1 Å². The Morgan fingerprint density at radius 2 is 1.40 bits per heavy atom. The van der Waals surface area contributed by atoms with E-state index in [1.54, 1.807) is 36.4 Å². The van der Waals surface area contributed by atoms with Crippen molar-refractivity contribution < 1.29 is 55.4 Å². The number of nitrogens with two attached hydrogens (primary N) is 1. The van der Waals surface area contributed by atoms with Crippen LogP contribution in [0.5, 0.6) is 11.5 Å². The quantitative estimate of drug-likeness (QED) is 0.0868. The second-order valence-electron chi connectivity index (χ2n) is 12.6. The number of nitrogens with zero attached hydrogens (tertiary/aromatic N) is 1. The van der Waals surface area contributed by atoms with E-state index in [1.807, 2.05) is 60.7 Å². The van der Waals surface area contributed by atoms with E-state index in [-0.39, 0.29) is 43.3 Å². The Kier molecular flexibility index (Phi) is 15.2. The number of hydrogen-bond acceptors (Lipinski definition) is 6. The average Bonchev–Trinajstić information content (AvgIpc) is 3.18. The lowest BCUT2D eigenvalue weighted by Crippen LogP contribution is -2.32. The van der Waals surface area contributed by atoms with Crippen LogP contribution in [0, 0.1) is 0 Å². The third-order valence-corrected chi connectivity index (χ3v) is 8.24. The van der Waals surface area contributed by atoms with Crippen molar-refractivity contribution in [1.82, 2.24) is 5.32 Å². The first-order valence-electron chi connectivity index (χ1n) is 17.5. The number of hydrogen-bond donors (Lipinski definition) is 4. The second kappa shape index (κ2) is 20.0. The van der Waals surface area contributed by atoms with Crippen LogP contribution in [-0.4, -0.2) is 35.0 Å². The molecule has 0 fully saturated rings. The van der Waals surface area contributed by atoms with Crippen molar-refractivity contribution in [2.75, 3.05) is 10.2 Å². The highest BCUT2D eigenvalue weighted by Gasteiger charge is 2.38. The van der Waals surface area contributed by atoms with E-state index in [4.69, 9.17) is 20.4 Å². The number of rotatable bonds is 13. The molecule has 0 aliphatic rings. The summed E-state index contributed by atoms with van der Waals surface area (Å²) >= 11 is 0. The monoisotopic (exact) mass is 808 g/mol. The summed E-state index contributed by atoms with van der Waals surface area (Å²) in [5, 5.41) is 12.4. The van der Waals surface area contributed by atoms with Gasteiger partial charge in [0.15, 0.2) is 5.75 Å². The summed E-state index contributed by atoms with van der Waals surface area (Å²) in [6.45, 7) is 1.57. The lowest BCUT2D eigenvalue weighted by atomic mass is 10.0. The molecule has 58 heavy (non-hydrogen) atoms. The molecule has 0 spiro atoms. The molecule has 0 saturated carbocycles. The molecule has 0 saturated heterocycles. The molecule has 5 rings (SSSR count). The maximum Gasteiger partial charge on any atom is 0.490 e. The minimum absolute atomic E-state index is 0.0682. The van der Waals surface area contributed by atoms with Gasteiger partial charge in [0.2, 0.25) is 17.7 Å². The number of carboxylic acids is 1. The smallest absolute Gasteiger partial charge is 0.475 e. The number of nitrogens with one attached hydrogen (secondary N) is 2. The van der Waals surface area contributed by atoms with E-state index in [1.165, 1.54) is 30.0 Å². The van der Waals surface area contributed by atoms with E-state index in [0.717, 1.165) is 28.3 Å². The van der Waals surface area contributed by atoms with E-state index in [9.17, 15) is 40.7 Å². The maximum absolute atomic E-state index is 13.9. The van der Waals surface area contributed by atoms with Gasteiger partial charge in [-0.15, -0.1) is 0 Å². The average molecular weight is 809 g/mol. The highest BCUT2D eigenvalue weighted by atomic mass is 19.4. The maximum atomic E-state index is 13.9. The van der Waals surface area contributed by atoms with Crippen molar-refractivity contribution in [2.45, 2.75) is 51.8 Å². The fourth-order valence-corrected chi connectivity index (χ4v) is 5.49. The van der Waals surface area contributed by atoms with Gasteiger partial charge in [0, 0.05) is 38.5 Å². The number of benzene rings is 5. The highest BCUT2D eigenvalue weighted by Crippen LogP contribution is 2.35. The predicted octanol–water partition coefficient (Wildman–Crippen LogP) is 8.84. The van der Waals surface area contributed by atoms with Gasteiger partial charge in [-0.3, -0.25) is 14.4 Å². The van der Waals surface area contributed by atoms with Crippen LogP contribution in [0.4, 0.5) is 37.7 Å². The summed E-state index contributed by atoms with van der Waals surface area (Å²) in [5.41, 5.74) is 9.51. The van der Waals surface area contributed by atoms with Crippen LogP contribution in [0.3, 0.4) is 0 Å². The summed E-state index contributed by atoms with van der Waals surface area (Å²) in [7, 11) is 0. The van der Waals surface area contributed by atoms with Gasteiger partial charge in [0.05, 0.1) is 17.8 Å². The largest absolute Gasteiger partial charge is 0.490 e. The van der Waals surface area contributed by atoms with Crippen molar-refractivity contribution in [1.29, 1.82) is 0 Å². The van der Waals surface area contributed by atoms with Crippen LogP contribution in [0.1, 0.15) is 42.0 Å².